The molecule has 34 heavy (non-hydrogen) atoms. The predicted octanol–water partition coefficient (Wildman–Crippen LogP) is 6.59. The highest BCUT2D eigenvalue weighted by Crippen LogP contribution is 2.26. The van der Waals surface area contributed by atoms with Gasteiger partial charge in [0.1, 0.15) is 0 Å². The van der Waals surface area contributed by atoms with Gasteiger partial charge in [0, 0.05) is 23.6 Å². The van der Waals surface area contributed by atoms with E-state index in [1.165, 1.54) is 0 Å². The standard InChI is InChI=1S/C29H33N2O2P/c1-4-7-25-18-27(20(3)26(8-5-2)29(25)34-33)31-28(32)16-13-21-9-6-10-24(17-21)23-14-11-22(19-30)12-15-23/h6,9-18H,4-5,7-8,19,30H2,1-3H3,(H,31,32)/b16-13+. The average molecular weight is 473 g/mol. The first-order valence-corrected chi connectivity index (χ1v) is 12.7. The summed E-state index contributed by atoms with van der Waals surface area (Å²) in [5.41, 5.74) is 13.8. The zero-order valence-electron chi connectivity index (χ0n) is 20.2. The van der Waals surface area contributed by atoms with E-state index in [0.29, 0.717) is 6.54 Å². The summed E-state index contributed by atoms with van der Waals surface area (Å²) in [6.45, 7) is 6.73. The van der Waals surface area contributed by atoms with Crippen LogP contribution in [0.1, 0.15) is 54.5 Å². The molecule has 5 heteroatoms. The van der Waals surface area contributed by atoms with Crippen LogP contribution in [-0.2, 0) is 28.7 Å². The summed E-state index contributed by atoms with van der Waals surface area (Å²) in [5.74, 6) is -0.182. The second kappa shape index (κ2) is 12.4. The number of nitrogens with one attached hydrogen (secondary N) is 1. The number of amides is 1. The maximum absolute atomic E-state index is 12.8. The summed E-state index contributed by atoms with van der Waals surface area (Å²) in [4.78, 5) is 12.8. The second-order valence-corrected chi connectivity index (χ2v) is 9.11. The summed E-state index contributed by atoms with van der Waals surface area (Å²) in [6, 6.07) is 18.3. The lowest BCUT2D eigenvalue weighted by Crippen LogP contribution is -2.17. The van der Waals surface area contributed by atoms with Crippen LogP contribution in [0.3, 0.4) is 0 Å². The van der Waals surface area contributed by atoms with Crippen molar-refractivity contribution in [2.45, 2.75) is 53.0 Å². The van der Waals surface area contributed by atoms with E-state index in [4.69, 9.17) is 5.73 Å². The van der Waals surface area contributed by atoms with Crippen molar-refractivity contribution in [3.8, 4) is 11.1 Å². The number of aryl methyl sites for hydroxylation is 1. The molecule has 0 saturated heterocycles. The van der Waals surface area contributed by atoms with Gasteiger partial charge in [-0.1, -0.05) is 69.2 Å². The van der Waals surface area contributed by atoms with Gasteiger partial charge in [-0.15, -0.1) is 0 Å². The van der Waals surface area contributed by atoms with Crippen molar-refractivity contribution < 1.29 is 9.36 Å². The number of carbonyl (C=O) groups excluding carboxylic acids is 1. The molecule has 0 saturated carbocycles. The van der Waals surface area contributed by atoms with Crippen molar-refractivity contribution in [1.29, 1.82) is 0 Å². The summed E-state index contributed by atoms with van der Waals surface area (Å²) in [5, 5.41) is 3.93. The molecule has 0 aliphatic carbocycles. The molecule has 0 fully saturated rings. The fourth-order valence-corrected chi connectivity index (χ4v) is 4.83. The van der Waals surface area contributed by atoms with Crippen LogP contribution in [0.4, 0.5) is 5.69 Å². The van der Waals surface area contributed by atoms with Crippen molar-refractivity contribution in [1.82, 2.24) is 0 Å². The van der Waals surface area contributed by atoms with Gasteiger partial charge in [-0.05, 0) is 76.9 Å². The fraction of sp³-hybridized carbons (Fsp3) is 0.276. The van der Waals surface area contributed by atoms with Crippen LogP contribution in [0.15, 0.2) is 60.7 Å². The second-order valence-electron chi connectivity index (χ2n) is 8.48. The molecule has 1 amide bonds. The lowest BCUT2D eigenvalue weighted by atomic mass is 9.96. The number of anilines is 1. The van der Waals surface area contributed by atoms with Gasteiger partial charge in [-0.25, -0.2) is 0 Å². The maximum atomic E-state index is 12.8. The van der Waals surface area contributed by atoms with Crippen molar-refractivity contribution in [2.75, 3.05) is 5.32 Å². The van der Waals surface area contributed by atoms with E-state index in [9.17, 15) is 9.36 Å². The van der Waals surface area contributed by atoms with Gasteiger partial charge in [-0.3, -0.25) is 9.36 Å². The van der Waals surface area contributed by atoms with Crippen LogP contribution in [0, 0.1) is 6.92 Å². The molecular weight excluding hydrogens is 439 g/mol. The molecule has 0 spiro atoms. The molecule has 0 radical (unpaired) electrons. The Hall–Kier alpha value is -3.07. The summed E-state index contributed by atoms with van der Waals surface area (Å²) >= 11 is 0. The minimum Gasteiger partial charge on any atom is -0.326 e. The van der Waals surface area contributed by atoms with Crippen LogP contribution in [0.5, 0.6) is 0 Å². The third-order valence-electron chi connectivity index (χ3n) is 5.97. The molecule has 0 aromatic heterocycles. The minimum atomic E-state index is -0.182. The number of hydrogen-bond acceptors (Lipinski definition) is 3. The van der Waals surface area contributed by atoms with Crippen molar-refractivity contribution in [3.63, 3.8) is 0 Å². The van der Waals surface area contributed by atoms with E-state index < -0.39 is 0 Å². The Morgan fingerprint density at radius 1 is 1.00 bits per heavy atom. The van der Waals surface area contributed by atoms with Gasteiger partial charge in [-0.2, -0.15) is 0 Å². The molecule has 0 heterocycles. The Balaban J connectivity index is 1.81. The van der Waals surface area contributed by atoms with Gasteiger partial charge in [0.2, 0.25) is 5.91 Å². The van der Waals surface area contributed by atoms with Gasteiger partial charge >= 0.3 is 0 Å². The van der Waals surface area contributed by atoms with Crippen LogP contribution in [0.25, 0.3) is 17.2 Å². The van der Waals surface area contributed by atoms with E-state index in [1.54, 1.807) is 6.08 Å². The van der Waals surface area contributed by atoms with Crippen LogP contribution < -0.4 is 16.4 Å². The number of benzene rings is 3. The molecule has 3 aromatic carbocycles. The van der Waals surface area contributed by atoms with Crippen LogP contribution in [0.2, 0.25) is 0 Å². The Morgan fingerprint density at radius 3 is 2.38 bits per heavy atom. The largest absolute Gasteiger partial charge is 0.326 e. The molecule has 3 aromatic rings. The first-order chi connectivity index (χ1) is 16.5. The molecule has 0 aliphatic rings. The van der Waals surface area contributed by atoms with Crippen molar-refractivity contribution >= 4 is 31.4 Å². The highest BCUT2D eigenvalue weighted by atomic mass is 31.1. The molecule has 0 aliphatic heterocycles. The van der Waals surface area contributed by atoms with Gasteiger partial charge in [0.25, 0.3) is 0 Å². The first kappa shape index (κ1) is 25.6. The molecule has 0 unspecified atom stereocenters. The highest BCUT2D eigenvalue weighted by Gasteiger charge is 2.16. The molecule has 3 rings (SSSR count). The van der Waals surface area contributed by atoms with Crippen molar-refractivity contribution in [3.05, 3.63) is 88.5 Å². The lowest BCUT2D eigenvalue weighted by Gasteiger charge is -2.17. The lowest BCUT2D eigenvalue weighted by molar-refractivity contribution is -0.111. The first-order valence-electron chi connectivity index (χ1n) is 11.9. The highest BCUT2D eigenvalue weighted by molar-refractivity contribution is 7.34. The summed E-state index contributed by atoms with van der Waals surface area (Å²) < 4.78 is 11.9. The fourth-order valence-electron chi connectivity index (χ4n) is 4.15. The Bertz CT molecular complexity index is 1180. The normalized spacial score (nSPS) is 11.3. The number of carbonyl (C=O) groups is 1. The maximum Gasteiger partial charge on any atom is 0.248 e. The van der Waals surface area contributed by atoms with E-state index >= 15 is 0 Å². The zero-order valence-corrected chi connectivity index (χ0v) is 21.1. The van der Waals surface area contributed by atoms with Gasteiger partial charge < -0.3 is 11.1 Å². The third-order valence-corrected chi connectivity index (χ3v) is 6.71. The Labute approximate surface area is 204 Å². The average Bonchev–Trinajstić information content (AvgIpc) is 2.86. The molecule has 0 bridgehead atoms. The summed E-state index contributed by atoms with van der Waals surface area (Å²) in [6.07, 6.45) is 6.97. The van der Waals surface area contributed by atoms with E-state index in [-0.39, 0.29) is 14.4 Å². The molecular formula is C29H33N2O2P. The molecule has 4 nitrogen and oxygen atoms in total. The van der Waals surface area contributed by atoms with E-state index in [0.717, 1.165) is 75.6 Å². The summed E-state index contributed by atoms with van der Waals surface area (Å²) in [7, 11) is 0.0450. The number of hydrogen-bond donors (Lipinski definition) is 2. The quantitative estimate of drug-likeness (QED) is 0.258. The minimum absolute atomic E-state index is 0.0450. The molecule has 3 N–H and O–H groups in total. The smallest absolute Gasteiger partial charge is 0.248 e. The molecule has 0 atom stereocenters. The number of nitrogens with two attached hydrogens (primary N) is 1. The topological polar surface area (TPSA) is 72.2 Å². The Morgan fingerprint density at radius 2 is 1.74 bits per heavy atom. The van der Waals surface area contributed by atoms with E-state index in [1.807, 2.05) is 43.3 Å². The molecule has 176 valence electrons. The van der Waals surface area contributed by atoms with Crippen LogP contribution >= 0.6 is 8.46 Å². The van der Waals surface area contributed by atoms with Gasteiger partial charge in [0.05, 0.1) is 0 Å². The monoisotopic (exact) mass is 472 g/mol. The van der Waals surface area contributed by atoms with Crippen LogP contribution in [-0.4, -0.2) is 5.91 Å². The SMILES string of the molecule is CCCc1cc(NC(=O)/C=C/c2cccc(-c3ccc(CN)cc3)c2)c(C)c(CCC)c1P=O. The van der Waals surface area contributed by atoms with Gasteiger partial charge in [0.15, 0.2) is 8.46 Å². The number of rotatable bonds is 10. The Kier molecular flexibility index (Phi) is 9.33. The van der Waals surface area contributed by atoms with E-state index in [2.05, 4.69) is 43.4 Å². The predicted molar refractivity (Wildman–Crippen MR) is 144 cm³/mol. The third kappa shape index (κ3) is 6.28. The van der Waals surface area contributed by atoms with Crippen molar-refractivity contribution in [2.24, 2.45) is 5.73 Å². The zero-order chi connectivity index (χ0) is 24.5.